The van der Waals surface area contributed by atoms with Crippen molar-refractivity contribution < 1.29 is 14.3 Å². The van der Waals surface area contributed by atoms with Gasteiger partial charge in [-0.25, -0.2) is 4.98 Å². The number of rotatable bonds is 7. The molecule has 0 aliphatic heterocycles. The van der Waals surface area contributed by atoms with Crippen LogP contribution in [0.1, 0.15) is 15.9 Å². The number of thioether (sulfide) groups is 1. The van der Waals surface area contributed by atoms with Gasteiger partial charge < -0.3 is 20.5 Å². The van der Waals surface area contributed by atoms with Crippen LogP contribution in [-0.2, 0) is 5.75 Å². The van der Waals surface area contributed by atoms with Crippen molar-refractivity contribution in [2.45, 2.75) is 10.6 Å². The van der Waals surface area contributed by atoms with Crippen LogP contribution in [0.15, 0.2) is 65.7 Å². The van der Waals surface area contributed by atoms with Crippen molar-refractivity contribution in [3.8, 4) is 11.5 Å². The van der Waals surface area contributed by atoms with Crippen molar-refractivity contribution in [2.75, 3.05) is 25.3 Å². The van der Waals surface area contributed by atoms with E-state index in [1.54, 1.807) is 43.3 Å². The van der Waals surface area contributed by atoms with E-state index in [0.717, 1.165) is 10.5 Å². The Morgan fingerprint density at radius 1 is 1.11 bits per heavy atom. The van der Waals surface area contributed by atoms with Crippen molar-refractivity contribution in [3.05, 3.63) is 71.9 Å². The summed E-state index contributed by atoms with van der Waals surface area (Å²) in [5.74, 6) is 2.06. The molecule has 1 aromatic heterocycles. The number of ether oxygens (including phenoxy) is 2. The van der Waals surface area contributed by atoms with Crippen LogP contribution in [0.5, 0.6) is 11.5 Å². The maximum absolute atomic E-state index is 12.7. The zero-order valence-electron chi connectivity index (χ0n) is 15.6. The van der Waals surface area contributed by atoms with Gasteiger partial charge >= 0.3 is 0 Å². The second kappa shape index (κ2) is 9.14. The number of nitrogens with two attached hydrogens (primary N) is 1. The summed E-state index contributed by atoms with van der Waals surface area (Å²) in [5, 5.41) is 2.91. The predicted molar refractivity (Wildman–Crippen MR) is 112 cm³/mol. The topological polar surface area (TPSA) is 86.5 Å². The molecular weight excluding hydrogens is 374 g/mol. The summed E-state index contributed by atoms with van der Waals surface area (Å²) in [4.78, 5) is 17.7. The summed E-state index contributed by atoms with van der Waals surface area (Å²) >= 11 is 1.60. The summed E-state index contributed by atoms with van der Waals surface area (Å²) in [6, 6.07) is 16.6. The molecule has 6 nitrogen and oxygen atoms in total. The number of hydrogen-bond acceptors (Lipinski definition) is 6. The van der Waals surface area contributed by atoms with Gasteiger partial charge in [0, 0.05) is 28.6 Å². The van der Waals surface area contributed by atoms with Crippen molar-refractivity contribution in [1.29, 1.82) is 0 Å². The number of nitrogens with one attached hydrogen (secondary N) is 1. The number of nitrogen functional groups attached to an aromatic ring is 1. The standard InChI is InChI=1S/C21H21N3O3S/c1-26-16-8-9-17(18(12-16)27-2)21(25)24-15-6-3-5-14(11-15)13-28-19-7-4-10-23-20(19)22/h3-12H,13H2,1-2H3,(H2,22,23)(H,24,25). The van der Waals surface area contributed by atoms with Crippen LogP contribution in [0.2, 0.25) is 0 Å². The Hall–Kier alpha value is -3.19. The fourth-order valence-corrected chi connectivity index (χ4v) is 3.49. The summed E-state index contributed by atoms with van der Waals surface area (Å²) in [6.07, 6.45) is 1.67. The first-order valence-corrected chi connectivity index (χ1v) is 9.55. The molecule has 0 saturated carbocycles. The summed E-state index contributed by atoms with van der Waals surface area (Å²) in [5.41, 5.74) is 8.09. The van der Waals surface area contributed by atoms with Gasteiger partial charge in [-0.05, 0) is 42.0 Å². The molecule has 7 heteroatoms. The molecule has 0 unspecified atom stereocenters. The van der Waals surface area contributed by atoms with Gasteiger partial charge in [-0.15, -0.1) is 11.8 Å². The molecule has 144 valence electrons. The number of pyridine rings is 1. The molecule has 0 aliphatic rings. The number of amides is 1. The number of aromatic nitrogens is 1. The third-order valence-electron chi connectivity index (χ3n) is 4.03. The Kier molecular flexibility index (Phi) is 6.39. The van der Waals surface area contributed by atoms with Crippen LogP contribution in [0.25, 0.3) is 0 Å². The lowest BCUT2D eigenvalue weighted by atomic mass is 10.1. The Balaban J connectivity index is 1.70. The molecule has 0 fully saturated rings. The van der Waals surface area contributed by atoms with Gasteiger partial charge in [-0.3, -0.25) is 4.79 Å². The number of carbonyl (C=O) groups excluding carboxylic acids is 1. The molecule has 0 aliphatic carbocycles. The highest BCUT2D eigenvalue weighted by Gasteiger charge is 2.14. The van der Waals surface area contributed by atoms with E-state index in [1.165, 1.54) is 7.11 Å². The minimum atomic E-state index is -0.249. The molecule has 3 aromatic rings. The van der Waals surface area contributed by atoms with Gasteiger partial charge in [0.1, 0.15) is 17.3 Å². The highest BCUT2D eigenvalue weighted by atomic mass is 32.2. The predicted octanol–water partition coefficient (Wildman–Crippen LogP) is 4.23. The Labute approximate surface area is 168 Å². The molecule has 28 heavy (non-hydrogen) atoms. The lowest BCUT2D eigenvalue weighted by molar-refractivity contribution is 0.102. The number of hydrogen-bond donors (Lipinski definition) is 2. The molecule has 0 spiro atoms. The zero-order valence-corrected chi connectivity index (χ0v) is 16.5. The Bertz CT molecular complexity index is 979. The minimum absolute atomic E-state index is 0.249. The molecule has 0 atom stereocenters. The number of benzene rings is 2. The lowest BCUT2D eigenvalue weighted by Crippen LogP contribution is -2.13. The number of carbonyl (C=O) groups is 1. The molecule has 0 radical (unpaired) electrons. The maximum Gasteiger partial charge on any atom is 0.259 e. The molecule has 1 amide bonds. The van der Waals surface area contributed by atoms with Crippen LogP contribution >= 0.6 is 11.8 Å². The normalized spacial score (nSPS) is 10.4. The fourth-order valence-electron chi connectivity index (χ4n) is 2.61. The number of anilines is 2. The van der Waals surface area contributed by atoms with E-state index in [0.29, 0.717) is 34.3 Å². The first-order valence-electron chi connectivity index (χ1n) is 8.56. The molecule has 0 bridgehead atoms. The largest absolute Gasteiger partial charge is 0.497 e. The Morgan fingerprint density at radius 2 is 1.96 bits per heavy atom. The van der Waals surface area contributed by atoms with Gasteiger partial charge in [-0.1, -0.05) is 12.1 Å². The summed E-state index contributed by atoms with van der Waals surface area (Å²) in [7, 11) is 3.09. The molecule has 2 aromatic carbocycles. The van der Waals surface area contributed by atoms with Gasteiger partial charge in [0.2, 0.25) is 0 Å². The number of nitrogens with zero attached hydrogens (tertiary/aromatic N) is 1. The average molecular weight is 395 g/mol. The van der Waals surface area contributed by atoms with Crippen LogP contribution in [-0.4, -0.2) is 25.1 Å². The van der Waals surface area contributed by atoms with E-state index in [9.17, 15) is 4.79 Å². The minimum Gasteiger partial charge on any atom is -0.497 e. The smallest absolute Gasteiger partial charge is 0.259 e. The van der Waals surface area contributed by atoms with E-state index in [-0.39, 0.29) is 5.91 Å². The first-order chi connectivity index (χ1) is 13.6. The third-order valence-corrected chi connectivity index (χ3v) is 5.17. The SMILES string of the molecule is COc1ccc(C(=O)Nc2cccc(CSc3cccnc3N)c2)c(OC)c1. The van der Waals surface area contributed by atoms with E-state index in [1.807, 2.05) is 36.4 Å². The molecule has 3 rings (SSSR count). The average Bonchev–Trinajstić information content (AvgIpc) is 2.73. The van der Waals surface area contributed by atoms with E-state index < -0.39 is 0 Å². The molecule has 1 heterocycles. The summed E-state index contributed by atoms with van der Waals surface area (Å²) < 4.78 is 10.5. The van der Waals surface area contributed by atoms with Crippen molar-refractivity contribution in [1.82, 2.24) is 4.98 Å². The van der Waals surface area contributed by atoms with E-state index >= 15 is 0 Å². The molecule has 0 saturated heterocycles. The highest BCUT2D eigenvalue weighted by Crippen LogP contribution is 2.28. The van der Waals surface area contributed by atoms with Crippen molar-refractivity contribution >= 4 is 29.2 Å². The van der Waals surface area contributed by atoms with Gasteiger partial charge in [0.05, 0.1) is 19.8 Å². The second-order valence-electron chi connectivity index (χ2n) is 5.90. The van der Waals surface area contributed by atoms with Crippen molar-refractivity contribution in [3.63, 3.8) is 0 Å². The molecular formula is C21H21N3O3S. The van der Waals surface area contributed by atoms with Crippen molar-refractivity contribution in [2.24, 2.45) is 0 Å². The maximum atomic E-state index is 12.7. The van der Waals surface area contributed by atoms with Gasteiger partial charge in [0.15, 0.2) is 0 Å². The zero-order chi connectivity index (χ0) is 19.9. The van der Waals surface area contributed by atoms with Crippen LogP contribution in [0.4, 0.5) is 11.5 Å². The monoisotopic (exact) mass is 395 g/mol. The van der Waals surface area contributed by atoms with E-state index in [2.05, 4.69) is 10.3 Å². The summed E-state index contributed by atoms with van der Waals surface area (Å²) in [6.45, 7) is 0. The fraction of sp³-hybridized carbons (Fsp3) is 0.143. The molecule has 3 N–H and O–H groups in total. The lowest BCUT2D eigenvalue weighted by Gasteiger charge is -2.11. The quantitative estimate of drug-likeness (QED) is 0.583. The number of methoxy groups -OCH3 is 2. The van der Waals surface area contributed by atoms with Crippen LogP contribution in [0, 0.1) is 0 Å². The van der Waals surface area contributed by atoms with Crippen LogP contribution in [0.3, 0.4) is 0 Å². The van der Waals surface area contributed by atoms with E-state index in [4.69, 9.17) is 15.2 Å². The van der Waals surface area contributed by atoms with Crippen LogP contribution < -0.4 is 20.5 Å². The second-order valence-corrected chi connectivity index (χ2v) is 6.91. The highest BCUT2D eigenvalue weighted by molar-refractivity contribution is 7.98. The third kappa shape index (κ3) is 4.75. The Morgan fingerprint density at radius 3 is 2.71 bits per heavy atom. The van der Waals surface area contributed by atoms with Gasteiger partial charge in [-0.2, -0.15) is 0 Å². The van der Waals surface area contributed by atoms with Gasteiger partial charge in [0.25, 0.3) is 5.91 Å². The first kappa shape index (κ1) is 19.6.